The molecule has 1 heterocycles. The topological polar surface area (TPSA) is 97.7 Å². The molecule has 0 atom stereocenters. The van der Waals surface area contributed by atoms with Crippen LogP contribution in [0.3, 0.4) is 0 Å². The van der Waals surface area contributed by atoms with Crippen LogP contribution in [0.25, 0.3) is 0 Å². The summed E-state index contributed by atoms with van der Waals surface area (Å²) in [4.78, 5) is 13.9. The molecule has 1 N–H and O–H groups in total. The van der Waals surface area contributed by atoms with Gasteiger partial charge in [0.25, 0.3) is 0 Å². The monoisotopic (exact) mass is 289 g/mol. The van der Waals surface area contributed by atoms with Gasteiger partial charge in [0.1, 0.15) is 0 Å². The number of carbonyl (C=O) groups excluding carboxylic acids is 1. The van der Waals surface area contributed by atoms with Gasteiger partial charge in [-0.1, -0.05) is 12.1 Å². The van der Waals surface area contributed by atoms with Crippen molar-refractivity contribution < 1.29 is 14.3 Å². The highest BCUT2D eigenvalue weighted by Gasteiger charge is 2.22. The van der Waals surface area contributed by atoms with E-state index in [1.807, 2.05) is 43.3 Å². The van der Waals surface area contributed by atoms with Crippen LogP contribution in [0.4, 0.5) is 5.69 Å². The molecule has 1 aromatic heterocycles. The van der Waals surface area contributed by atoms with E-state index in [9.17, 15) is 10.0 Å². The summed E-state index contributed by atoms with van der Waals surface area (Å²) in [7, 11) is 3.90. The summed E-state index contributed by atoms with van der Waals surface area (Å²) in [5, 5.41) is 18.2. The summed E-state index contributed by atoms with van der Waals surface area (Å²) in [6.07, 6.45) is 1.50. The lowest BCUT2D eigenvalue weighted by molar-refractivity contribution is -0.806. The minimum absolute atomic E-state index is 0.0815. The largest absolute Gasteiger partial charge is 0.378 e. The second kappa shape index (κ2) is 6.04. The maximum Gasteiger partial charge on any atom is 0.322 e. The summed E-state index contributed by atoms with van der Waals surface area (Å²) in [5.74, 6) is -0.605. The molecule has 1 aromatic carbocycles. The first-order chi connectivity index (χ1) is 9.99. The zero-order valence-electron chi connectivity index (χ0n) is 11.9. The van der Waals surface area contributed by atoms with Crippen molar-refractivity contribution in [3.8, 4) is 0 Å². The first kappa shape index (κ1) is 14.5. The molecule has 21 heavy (non-hydrogen) atoms. The molecule has 0 unspecified atom stereocenters. The molecule has 0 radical (unpaired) electrons. The molecule has 1 amide bonds. The number of carbonyl (C=O) groups is 1. The highest BCUT2D eigenvalue weighted by atomic mass is 16.8. The molecule has 2 rings (SSSR count). The summed E-state index contributed by atoms with van der Waals surface area (Å²) < 4.78 is 4.31. The van der Waals surface area contributed by atoms with E-state index in [2.05, 4.69) is 20.3 Å². The van der Waals surface area contributed by atoms with Crippen LogP contribution < -0.4 is 15.2 Å². The fourth-order valence-corrected chi connectivity index (χ4v) is 1.57. The summed E-state index contributed by atoms with van der Waals surface area (Å²) in [6, 6.07) is 7.62. The molecule has 8 nitrogen and oxygen atoms in total. The Morgan fingerprint density at radius 1 is 1.43 bits per heavy atom. The van der Waals surface area contributed by atoms with E-state index in [-0.39, 0.29) is 16.3 Å². The number of nitrogens with zero attached hydrogens (tertiary/aromatic N) is 4. The van der Waals surface area contributed by atoms with Crippen molar-refractivity contribution in [3.63, 3.8) is 0 Å². The van der Waals surface area contributed by atoms with E-state index in [0.29, 0.717) is 0 Å². The number of nitrogens with one attached hydrogen (secondary N) is 1. The number of anilines is 1. The standard InChI is InChI=1S/C13H15N5O3/c1-9-12(16-21-18(9)20)13(19)15-14-8-10-4-6-11(7-5-10)17(2)3/h4-8H,1-3H3,(H,15,19)/b14-8+. The minimum atomic E-state index is -0.605. The van der Waals surface area contributed by atoms with Crippen molar-refractivity contribution in [1.29, 1.82) is 0 Å². The van der Waals surface area contributed by atoms with E-state index in [4.69, 9.17) is 0 Å². The highest BCUT2D eigenvalue weighted by Crippen LogP contribution is 2.10. The van der Waals surface area contributed by atoms with Gasteiger partial charge in [-0.15, -0.1) is 0 Å². The second-order valence-electron chi connectivity index (χ2n) is 4.55. The quantitative estimate of drug-likeness (QED) is 0.500. The molecule has 0 saturated heterocycles. The SMILES string of the molecule is Cc1c(C(=O)N/N=C/c2ccc(N(C)C)cc2)no[n+]1[O-]. The first-order valence-corrected chi connectivity index (χ1v) is 6.16. The molecule has 8 heteroatoms. The van der Waals surface area contributed by atoms with E-state index in [1.54, 1.807) is 0 Å². The molecule has 0 aliphatic carbocycles. The van der Waals surface area contributed by atoms with Crippen molar-refractivity contribution in [2.45, 2.75) is 6.92 Å². The molecular weight excluding hydrogens is 274 g/mol. The third-order valence-corrected chi connectivity index (χ3v) is 2.83. The fraction of sp³-hybridized carbons (Fsp3) is 0.231. The Hall–Kier alpha value is -2.90. The molecule has 0 saturated carbocycles. The number of hydrogen-bond donors (Lipinski definition) is 1. The number of hydrogen-bond acceptors (Lipinski definition) is 6. The van der Waals surface area contributed by atoms with Gasteiger partial charge in [0.05, 0.1) is 11.4 Å². The summed E-state index contributed by atoms with van der Waals surface area (Å²) >= 11 is 0. The maximum atomic E-state index is 11.7. The van der Waals surface area contributed by atoms with E-state index < -0.39 is 5.91 Å². The van der Waals surface area contributed by atoms with Crippen LogP contribution in [0.5, 0.6) is 0 Å². The average molecular weight is 289 g/mol. The van der Waals surface area contributed by atoms with Gasteiger partial charge in [0.15, 0.2) is 0 Å². The molecule has 0 fully saturated rings. The van der Waals surface area contributed by atoms with Crippen LogP contribution in [0.15, 0.2) is 34.0 Å². The Labute approximate surface area is 121 Å². The molecule has 0 bridgehead atoms. The fourth-order valence-electron chi connectivity index (χ4n) is 1.57. The lowest BCUT2D eigenvalue weighted by atomic mass is 10.2. The Morgan fingerprint density at radius 3 is 2.62 bits per heavy atom. The zero-order chi connectivity index (χ0) is 15.4. The van der Waals surface area contributed by atoms with Crippen molar-refractivity contribution in [3.05, 3.63) is 46.4 Å². The third-order valence-electron chi connectivity index (χ3n) is 2.83. The predicted octanol–water partition coefficient (Wildman–Crippen LogP) is 0.446. The van der Waals surface area contributed by atoms with Gasteiger partial charge in [0.2, 0.25) is 5.69 Å². The molecule has 0 spiro atoms. The lowest BCUT2D eigenvalue weighted by Crippen LogP contribution is -2.28. The Bertz CT molecular complexity index is 661. The predicted molar refractivity (Wildman–Crippen MR) is 76.0 cm³/mol. The zero-order valence-corrected chi connectivity index (χ0v) is 11.9. The van der Waals surface area contributed by atoms with Gasteiger partial charge in [-0.25, -0.2) is 5.43 Å². The normalized spacial score (nSPS) is 10.8. The lowest BCUT2D eigenvalue weighted by Gasteiger charge is -2.11. The molecule has 110 valence electrons. The van der Waals surface area contributed by atoms with Crippen molar-refractivity contribution in [1.82, 2.24) is 10.6 Å². The van der Waals surface area contributed by atoms with Crippen LogP contribution >= 0.6 is 0 Å². The van der Waals surface area contributed by atoms with Crippen LogP contribution in [0.2, 0.25) is 0 Å². The van der Waals surface area contributed by atoms with Gasteiger partial charge in [0, 0.05) is 26.7 Å². The van der Waals surface area contributed by atoms with Crippen LogP contribution in [0.1, 0.15) is 21.7 Å². The molecular formula is C13H15N5O3. The van der Waals surface area contributed by atoms with Gasteiger partial charge in [-0.05, 0) is 22.6 Å². The number of rotatable bonds is 4. The number of hydrazone groups is 1. The Kier molecular flexibility index (Phi) is 4.17. The van der Waals surface area contributed by atoms with Gasteiger partial charge in [-0.3, -0.25) is 9.42 Å². The average Bonchev–Trinajstić information content (AvgIpc) is 2.79. The second-order valence-corrected chi connectivity index (χ2v) is 4.55. The Balaban J connectivity index is 1.99. The van der Waals surface area contributed by atoms with E-state index in [0.717, 1.165) is 11.3 Å². The van der Waals surface area contributed by atoms with E-state index >= 15 is 0 Å². The molecule has 0 aliphatic rings. The van der Waals surface area contributed by atoms with Crippen LogP contribution in [0, 0.1) is 12.1 Å². The van der Waals surface area contributed by atoms with Crippen LogP contribution in [-0.2, 0) is 0 Å². The number of amides is 1. The number of benzene rings is 1. The van der Waals surface area contributed by atoms with Crippen molar-refractivity contribution >= 4 is 17.8 Å². The maximum absolute atomic E-state index is 11.7. The third kappa shape index (κ3) is 3.35. The summed E-state index contributed by atoms with van der Waals surface area (Å²) in [5.41, 5.74) is 4.17. The van der Waals surface area contributed by atoms with Crippen molar-refractivity contribution in [2.24, 2.45) is 5.10 Å². The smallest absolute Gasteiger partial charge is 0.322 e. The highest BCUT2D eigenvalue weighted by molar-refractivity contribution is 5.93. The number of aromatic nitrogens is 2. The van der Waals surface area contributed by atoms with Gasteiger partial charge in [-0.2, -0.15) is 5.10 Å². The first-order valence-electron chi connectivity index (χ1n) is 6.16. The Morgan fingerprint density at radius 2 is 2.10 bits per heavy atom. The minimum Gasteiger partial charge on any atom is -0.378 e. The molecule has 0 aliphatic heterocycles. The van der Waals surface area contributed by atoms with Crippen LogP contribution in [-0.4, -0.2) is 31.4 Å². The summed E-state index contributed by atoms with van der Waals surface area (Å²) in [6.45, 7) is 1.43. The van der Waals surface area contributed by atoms with Gasteiger partial charge >= 0.3 is 11.6 Å². The van der Waals surface area contributed by atoms with Crippen molar-refractivity contribution in [2.75, 3.05) is 19.0 Å². The van der Waals surface area contributed by atoms with Gasteiger partial charge < -0.3 is 10.1 Å². The molecule has 2 aromatic rings. The van der Waals surface area contributed by atoms with E-state index in [1.165, 1.54) is 13.1 Å².